The highest BCUT2D eigenvalue weighted by atomic mass is 16.5. The van der Waals surface area contributed by atoms with Crippen LogP contribution >= 0.6 is 0 Å². The average Bonchev–Trinajstić information content (AvgIpc) is 3.18. The number of methoxy groups -OCH3 is 1. The van der Waals surface area contributed by atoms with E-state index >= 15 is 0 Å². The third-order valence-corrected chi connectivity index (χ3v) is 5.04. The summed E-state index contributed by atoms with van der Waals surface area (Å²) in [7, 11) is 1.29. The van der Waals surface area contributed by atoms with Crippen molar-refractivity contribution >= 4 is 11.9 Å². The minimum atomic E-state index is -1.22. The number of nitrogens with zero attached hydrogens (tertiary/aromatic N) is 3. The predicted octanol–water partition coefficient (Wildman–Crippen LogP) is 2.49. The topological polar surface area (TPSA) is 106 Å². The monoisotopic (exact) mass is 387 g/mol. The number of hydrogen-bond acceptors (Lipinski definition) is 7. The fraction of sp³-hybridized carbons (Fsp3) is 0.500. The molecule has 1 aliphatic heterocycles. The zero-order chi connectivity index (χ0) is 20.5. The van der Waals surface area contributed by atoms with Crippen LogP contribution in [0.5, 0.6) is 0 Å². The van der Waals surface area contributed by atoms with Crippen LogP contribution in [-0.2, 0) is 10.3 Å². The first kappa shape index (κ1) is 20.0. The van der Waals surface area contributed by atoms with E-state index in [1.54, 1.807) is 43.0 Å². The van der Waals surface area contributed by atoms with Crippen molar-refractivity contribution in [3.05, 3.63) is 47.1 Å². The van der Waals surface area contributed by atoms with E-state index in [4.69, 9.17) is 9.26 Å². The molecule has 1 aliphatic rings. The zero-order valence-electron chi connectivity index (χ0n) is 16.5. The minimum Gasteiger partial charge on any atom is -0.465 e. The predicted molar refractivity (Wildman–Crippen MR) is 99.8 cm³/mol. The maximum Gasteiger partial charge on any atom is 0.338 e. The number of ether oxygens (including phenoxy) is 1. The molecule has 0 spiro atoms. The van der Waals surface area contributed by atoms with Crippen molar-refractivity contribution in [3.63, 3.8) is 0 Å². The van der Waals surface area contributed by atoms with Gasteiger partial charge in [0, 0.05) is 18.5 Å². The number of aliphatic hydroxyl groups is 1. The Kier molecular flexibility index (Phi) is 5.51. The number of likely N-dealkylation sites (tertiary alicyclic amines) is 1. The molecule has 28 heavy (non-hydrogen) atoms. The van der Waals surface area contributed by atoms with Crippen LogP contribution in [0.1, 0.15) is 72.0 Å². The van der Waals surface area contributed by atoms with E-state index in [1.807, 2.05) is 6.92 Å². The van der Waals surface area contributed by atoms with Gasteiger partial charge in [0.2, 0.25) is 0 Å². The van der Waals surface area contributed by atoms with Gasteiger partial charge in [0.25, 0.3) is 11.8 Å². The van der Waals surface area contributed by atoms with Crippen LogP contribution in [0.3, 0.4) is 0 Å². The molecule has 1 amide bonds. The average molecular weight is 387 g/mol. The Morgan fingerprint density at radius 3 is 2.54 bits per heavy atom. The number of hydrogen-bond donors (Lipinski definition) is 1. The molecule has 0 radical (unpaired) electrons. The van der Waals surface area contributed by atoms with E-state index in [9.17, 15) is 14.7 Å². The number of piperidine rings is 1. The summed E-state index contributed by atoms with van der Waals surface area (Å²) in [5.41, 5.74) is -0.664. The summed E-state index contributed by atoms with van der Waals surface area (Å²) >= 11 is 0. The van der Waals surface area contributed by atoms with Gasteiger partial charge in [-0.25, -0.2) is 4.79 Å². The second-order valence-electron chi connectivity index (χ2n) is 7.63. The second kappa shape index (κ2) is 7.71. The van der Waals surface area contributed by atoms with Crippen LogP contribution in [0, 0.1) is 0 Å². The van der Waals surface area contributed by atoms with E-state index < -0.39 is 11.6 Å². The number of benzene rings is 1. The summed E-state index contributed by atoms with van der Waals surface area (Å²) in [5, 5.41) is 14.0. The number of amides is 1. The Balaban J connectivity index is 1.85. The molecular weight excluding hydrogens is 362 g/mol. The number of esters is 1. The molecule has 3 rings (SSSR count). The van der Waals surface area contributed by atoms with Crippen molar-refractivity contribution < 1.29 is 24.0 Å². The Morgan fingerprint density at radius 2 is 1.93 bits per heavy atom. The molecule has 150 valence electrons. The molecule has 1 aromatic heterocycles. The first-order valence-electron chi connectivity index (χ1n) is 9.27. The van der Waals surface area contributed by atoms with Crippen molar-refractivity contribution in [2.45, 2.75) is 51.2 Å². The summed E-state index contributed by atoms with van der Waals surface area (Å²) in [5.74, 6) is -0.258. The number of rotatable bonds is 4. The maximum atomic E-state index is 13.2. The van der Waals surface area contributed by atoms with E-state index in [0.29, 0.717) is 17.9 Å². The van der Waals surface area contributed by atoms with Crippen LogP contribution in [0.2, 0.25) is 0 Å². The van der Waals surface area contributed by atoms with E-state index in [1.165, 1.54) is 7.11 Å². The first-order valence-corrected chi connectivity index (χ1v) is 9.27. The number of carbonyl (C=O) groups excluding carboxylic acids is 2. The maximum absolute atomic E-state index is 13.2. The van der Waals surface area contributed by atoms with Crippen molar-refractivity contribution in [1.29, 1.82) is 0 Å². The third-order valence-electron chi connectivity index (χ3n) is 5.04. The molecule has 2 heterocycles. The fourth-order valence-electron chi connectivity index (χ4n) is 3.36. The second-order valence-corrected chi connectivity index (χ2v) is 7.63. The highest BCUT2D eigenvalue weighted by molar-refractivity contribution is 6.05. The minimum absolute atomic E-state index is 0.00936. The first-order chi connectivity index (χ1) is 13.2. The summed E-state index contributed by atoms with van der Waals surface area (Å²) < 4.78 is 9.98. The van der Waals surface area contributed by atoms with Gasteiger partial charge in [-0.1, -0.05) is 17.3 Å². The van der Waals surface area contributed by atoms with Crippen molar-refractivity contribution in [2.24, 2.45) is 0 Å². The van der Waals surface area contributed by atoms with Gasteiger partial charge in [-0.15, -0.1) is 0 Å². The van der Waals surface area contributed by atoms with Gasteiger partial charge < -0.3 is 19.3 Å². The van der Waals surface area contributed by atoms with Gasteiger partial charge in [0.15, 0.2) is 5.82 Å². The van der Waals surface area contributed by atoms with Gasteiger partial charge in [0.05, 0.1) is 18.2 Å². The Labute approximate surface area is 163 Å². The standard InChI is InChI=1S/C20H25N3O5/c1-12-9-10-13(16-21-19(28-22-16)20(2,3)26)11-23(12)17(24)14-7-5-6-8-15(14)18(25)27-4/h5-8,12-13,26H,9-11H2,1-4H3/t12-,13-/m1/s1. The van der Waals surface area contributed by atoms with E-state index in [2.05, 4.69) is 10.1 Å². The summed E-state index contributed by atoms with van der Waals surface area (Å²) in [6, 6.07) is 6.64. The van der Waals surface area contributed by atoms with Crippen LogP contribution in [0.25, 0.3) is 0 Å². The van der Waals surface area contributed by atoms with Crippen LogP contribution in [-0.4, -0.2) is 51.7 Å². The largest absolute Gasteiger partial charge is 0.465 e. The van der Waals surface area contributed by atoms with Gasteiger partial charge in [-0.3, -0.25) is 4.79 Å². The molecule has 1 aromatic carbocycles. The molecule has 2 aromatic rings. The lowest BCUT2D eigenvalue weighted by atomic mass is 9.91. The SMILES string of the molecule is COC(=O)c1ccccc1C(=O)N1C[C@H](c2noc(C(C)(C)O)n2)CC[C@H]1C. The lowest BCUT2D eigenvalue weighted by molar-refractivity contribution is 0.0420. The fourth-order valence-corrected chi connectivity index (χ4v) is 3.36. The molecule has 0 saturated carbocycles. The lowest BCUT2D eigenvalue weighted by Gasteiger charge is -2.37. The molecule has 0 bridgehead atoms. The number of aromatic nitrogens is 2. The molecule has 1 N–H and O–H groups in total. The van der Waals surface area contributed by atoms with Gasteiger partial charge in [-0.2, -0.15) is 4.98 Å². The van der Waals surface area contributed by atoms with E-state index in [-0.39, 0.29) is 29.3 Å². The van der Waals surface area contributed by atoms with Gasteiger partial charge in [0.1, 0.15) is 5.60 Å². The van der Waals surface area contributed by atoms with Gasteiger partial charge >= 0.3 is 5.97 Å². The number of carbonyl (C=O) groups is 2. The smallest absolute Gasteiger partial charge is 0.338 e. The molecule has 1 saturated heterocycles. The third kappa shape index (κ3) is 3.91. The van der Waals surface area contributed by atoms with Crippen LogP contribution in [0.15, 0.2) is 28.8 Å². The van der Waals surface area contributed by atoms with E-state index in [0.717, 1.165) is 12.8 Å². The molecule has 8 nitrogen and oxygen atoms in total. The van der Waals surface area contributed by atoms with Crippen molar-refractivity contribution in [2.75, 3.05) is 13.7 Å². The summed E-state index contributed by atoms with van der Waals surface area (Å²) in [4.78, 5) is 31.3. The van der Waals surface area contributed by atoms with Crippen LogP contribution in [0.4, 0.5) is 0 Å². The van der Waals surface area contributed by atoms with Crippen LogP contribution < -0.4 is 0 Å². The quantitative estimate of drug-likeness (QED) is 0.803. The molecule has 0 unspecified atom stereocenters. The van der Waals surface area contributed by atoms with Crippen molar-refractivity contribution in [1.82, 2.24) is 15.0 Å². The lowest BCUT2D eigenvalue weighted by Crippen LogP contribution is -2.45. The molecule has 1 fully saturated rings. The molecular formula is C20H25N3O5. The highest BCUT2D eigenvalue weighted by Crippen LogP contribution is 2.31. The van der Waals surface area contributed by atoms with Crippen molar-refractivity contribution in [3.8, 4) is 0 Å². The normalized spacial score (nSPS) is 20.1. The Hall–Kier alpha value is -2.74. The Morgan fingerprint density at radius 1 is 1.25 bits per heavy atom. The summed E-state index contributed by atoms with van der Waals surface area (Å²) in [6.07, 6.45) is 1.57. The zero-order valence-corrected chi connectivity index (χ0v) is 16.5. The molecule has 2 atom stereocenters. The summed E-state index contributed by atoms with van der Waals surface area (Å²) in [6.45, 7) is 5.54. The van der Waals surface area contributed by atoms with Gasteiger partial charge in [-0.05, 0) is 45.7 Å². The highest BCUT2D eigenvalue weighted by Gasteiger charge is 2.35. The molecule has 8 heteroatoms. The Bertz CT molecular complexity index is 871. The molecule has 0 aliphatic carbocycles.